The topological polar surface area (TPSA) is 50.4 Å². The number of hydrogen-bond acceptors (Lipinski definition) is 3. The van der Waals surface area contributed by atoms with Crippen LogP contribution in [0.5, 0.6) is 5.75 Å². The molecule has 0 bridgehead atoms. The van der Waals surface area contributed by atoms with E-state index in [1.165, 1.54) is 5.39 Å². The highest BCUT2D eigenvalue weighted by molar-refractivity contribution is 5.94. The van der Waals surface area contributed by atoms with Crippen molar-refractivity contribution >= 4 is 28.1 Å². The number of hydrogen-bond donors (Lipinski definition) is 2. The van der Waals surface area contributed by atoms with Crippen molar-refractivity contribution in [1.82, 2.24) is 0 Å². The number of anilines is 2. The first-order valence-electron chi connectivity index (χ1n) is 8.39. The molecule has 0 aliphatic carbocycles. The summed E-state index contributed by atoms with van der Waals surface area (Å²) in [5, 5.41) is 8.36. The minimum Gasteiger partial charge on any atom is -0.491 e. The molecule has 4 heteroatoms. The van der Waals surface area contributed by atoms with Crippen LogP contribution in [0, 0.1) is 0 Å². The predicted molar refractivity (Wildman–Crippen MR) is 103 cm³/mol. The zero-order valence-corrected chi connectivity index (χ0v) is 14.5. The van der Waals surface area contributed by atoms with Crippen LogP contribution in [0.25, 0.3) is 10.8 Å². The Balaban J connectivity index is 1.55. The van der Waals surface area contributed by atoms with Crippen LogP contribution in [-0.2, 0) is 4.79 Å². The Morgan fingerprint density at radius 1 is 0.920 bits per heavy atom. The predicted octanol–water partition coefficient (Wildman–Crippen LogP) is 4.68. The normalized spacial score (nSPS) is 10.7. The van der Waals surface area contributed by atoms with Crippen molar-refractivity contribution in [3.63, 3.8) is 0 Å². The van der Waals surface area contributed by atoms with Crippen molar-refractivity contribution < 1.29 is 9.53 Å². The number of carbonyl (C=O) groups is 1. The quantitative estimate of drug-likeness (QED) is 0.688. The Morgan fingerprint density at radius 3 is 2.32 bits per heavy atom. The van der Waals surface area contributed by atoms with E-state index >= 15 is 0 Å². The first-order chi connectivity index (χ1) is 12.1. The summed E-state index contributed by atoms with van der Waals surface area (Å²) in [5.41, 5.74) is 1.68. The number of carbonyl (C=O) groups excluding carboxylic acids is 1. The van der Waals surface area contributed by atoms with Crippen LogP contribution in [0.1, 0.15) is 13.8 Å². The molecule has 128 valence electrons. The number of fused-ring (bicyclic) bond motifs is 1. The van der Waals surface area contributed by atoms with Crippen LogP contribution in [-0.4, -0.2) is 18.6 Å². The number of rotatable bonds is 6. The molecule has 4 nitrogen and oxygen atoms in total. The molecule has 0 saturated heterocycles. The lowest BCUT2D eigenvalue weighted by Gasteiger charge is -2.11. The second-order valence-electron chi connectivity index (χ2n) is 6.15. The number of ether oxygens (including phenoxy) is 1. The van der Waals surface area contributed by atoms with E-state index in [9.17, 15) is 4.79 Å². The van der Waals surface area contributed by atoms with E-state index in [0.29, 0.717) is 0 Å². The summed E-state index contributed by atoms with van der Waals surface area (Å²) in [7, 11) is 0. The van der Waals surface area contributed by atoms with Gasteiger partial charge in [0.05, 0.1) is 12.6 Å². The number of nitrogens with one attached hydrogen (secondary N) is 2. The fraction of sp³-hybridized carbons (Fsp3) is 0.190. The van der Waals surface area contributed by atoms with Crippen LogP contribution in [0.2, 0.25) is 0 Å². The third kappa shape index (κ3) is 4.73. The zero-order chi connectivity index (χ0) is 17.6. The third-order valence-electron chi connectivity index (χ3n) is 3.71. The summed E-state index contributed by atoms with van der Waals surface area (Å²) in [6, 6.07) is 21.6. The molecule has 0 aliphatic rings. The molecule has 0 aromatic heterocycles. The molecule has 0 unspecified atom stereocenters. The van der Waals surface area contributed by atoms with Crippen LogP contribution in [0.3, 0.4) is 0 Å². The highest BCUT2D eigenvalue weighted by Crippen LogP contribution is 2.19. The minimum absolute atomic E-state index is 0.0920. The molecule has 0 radical (unpaired) electrons. The molecule has 0 spiro atoms. The maximum atomic E-state index is 12.1. The van der Waals surface area contributed by atoms with Gasteiger partial charge in [0.1, 0.15) is 5.75 Å². The minimum atomic E-state index is -0.0920. The first kappa shape index (κ1) is 16.8. The van der Waals surface area contributed by atoms with Crippen molar-refractivity contribution in [3.8, 4) is 5.75 Å². The van der Waals surface area contributed by atoms with Crippen LogP contribution in [0.4, 0.5) is 11.4 Å². The largest absolute Gasteiger partial charge is 0.491 e. The van der Waals surface area contributed by atoms with Gasteiger partial charge in [0, 0.05) is 11.4 Å². The van der Waals surface area contributed by atoms with Crippen molar-refractivity contribution in [2.24, 2.45) is 0 Å². The molecular weight excluding hydrogens is 312 g/mol. The zero-order valence-electron chi connectivity index (χ0n) is 14.5. The summed E-state index contributed by atoms with van der Waals surface area (Å²) in [4.78, 5) is 12.1. The van der Waals surface area contributed by atoms with Gasteiger partial charge in [0.15, 0.2) is 0 Å². The number of amides is 1. The fourth-order valence-corrected chi connectivity index (χ4v) is 2.58. The summed E-state index contributed by atoms with van der Waals surface area (Å²) in [5.74, 6) is 0.702. The highest BCUT2D eigenvalue weighted by atomic mass is 16.5. The van der Waals surface area contributed by atoms with Crippen molar-refractivity contribution in [2.75, 3.05) is 17.2 Å². The molecule has 3 rings (SSSR count). The molecule has 25 heavy (non-hydrogen) atoms. The Kier molecular flexibility index (Phi) is 5.19. The van der Waals surface area contributed by atoms with E-state index in [1.54, 1.807) is 0 Å². The molecule has 2 N–H and O–H groups in total. The van der Waals surface area contributed by atoms with Gasteiger partial charge in [-0.25, -0.2) is 0 Å². The Hall–Kier alpha value is -3.01. The Morgan fingerprint density at radius 2 is 1.60 bits per heavy atom. The van der Waals surface area contributed by atoms with Gasteiger partial charge in [-0.05, 0) is 61.0 Å². The first-order valence-corrected chi connectivity index (χ1v) is 8.39. The van der Waals surface area contributed by atoms with E-state index in [0.717, 1.165) is 22.5 Å². The summed E-state index contributed by atoms with van der Waals surface area (Å²) in [6.45, 7) is 4.17. The highest BCUT2D eigenvalue weighted by Gasteiger charge is 2.04. The van der Waals surface area contributed by atoms with Crippen molar-refractivity contribution in [2.45, 2.75) is 20.0 Å². The summed E-state index contributed by atoms with van der Waals surface area (Å²) in [6.07, 6.45) is 0.131. The third-order valence-corrected chi connectivity index (χ3v) is 3.71. The average molecular weight is 334 g/mol. The van der Waals surface area contributed by atoms with Gasteiger partial charge in [0.2, 0.25) is 5.91 Å². The second kappa shape index (κ2) is 7.71. The molecule has 0 aliphatic heterocycles. The molecule has 0 saturated carbocycles. The summed E-state index contributed by atoms with van der Waals surface area (Å²) >= 11 is 0. The van der Waals surface area contributed by atoms with Gasteiger partial charge in [0.25, 0.3) is 0 Å². The molecule has 0 fully saturated rings. The molecule has 1 amide bonds. The van der Waals surface area contributed by atoms with Gasteiger partial charge in [-0.2, -0.15) is 0 Å². The van der Waals surface area contributed by atoms with Gasteiger partial charge in [-0.15, -0.1) is 0 Å². The van der Waals surface area contributed by atoms with E-state index in [1.807, 2.05) is 68.4 Å². The Bertz CT molecular complexity index is 857. The maximum absolute atomic E-state index is 12.1. The molecule has 0 atom stereocenters. The maximum Gasteiger partial charge on any atom is 0.243 e. The van der Waals surface area contributed by atoms with Gasteiger partial charge < -0.3 is 15.4 Å². The van der Waals surface area contributed by atoms with Crippen LogP contribution in [0.15, 0.2) is 66.7 Å². The lowest BCUT2D eigenvalue weighted by atomic mass is 10.1. The second-order valence-corrected chi connectivity index (χ2v) is 6.15. The lowest BCUT2D eigenvalue weighted by molar-refractivity contribution is -0.114. The van der Waals surface area contributed by atoms with E-state index in [4.69, 9.17) is 4.74 Å². The van der Waals surface area contributed by atoms with Gasteiger partial charge >= 0.3 is 0 Å². The van der Waals surface area contributed by atoms with Crippen molar-refractivity contribution in [3.05, 3.63) is 66.7 Å². The van der Waals surface area contributed by atoms with Gasteiger partial charge in [-0.1, -0.05) is 30.3 Å². The lowest BCUT2D eigenvalue weighted by Crippen LogP contribution is -2.21. The molecule has 3 aromatic rings. The van der Waals surface area contributed by atoms with E-state index in [-0.39, 0.29) is 18.6 Å². The fourth-order valence-electron chi connectivity index (χ4n) is 2.58. The van der Waals surface area contributed by atoms with E-state index < -0.39 is 0 Å². The standard InChI is InChI=1S/C21H22N2O2/c1-15(2)25-20-11-9-18(10-12-20)23-21(24)14-22-19-8-7-16-5-3-4-6-17(16)13-19/h3-13,15,22H,14H2,1-2H3,(H,23,24). The average Bonchev–Trinajstić information content (AvgIpc) is 2.61. The molecule has 3 aromatic carbocycles. The number of benzene rings is 3. The van der Waals surface area contributed by atoms with Crippen molar-refractivity contribution in [1.29, 1.82) is 0 Å². The summed E-state index contributed by atoms with van der Waals surface area (Å²) < 4.78 is 5.59. The van der Waals surface area contributed by atoms with Gasteiger partial charge in [-0.3, -0.25) is 4.79 Å². The molecule has 0 heterocycles. The molecular formula is C21H22N2O2. The Labute approximate surface area is 147 Å². The van der Waals surface area contributed by atoms with Crippen LogP contribution >= 0.6 is 0 Å². The van der Waals surface area contributed by atoms with Crippen LogP contribution < -0.4 is 15.4 Å². The van der Waals surface area contributed by atoms with E-state index in [2.05, 4.69) is 22.8 Å². The monoisotopic (exact) mass is 334 g/mol. The smallest absolute Gasteiger partial charge is 0.243 e. The SMILES string of the molecule is CC(C)Oc1ccc(NC(=O)CNc2ccc3ccccc3c2)cc1.